The van der Waals surface area contributed by atoms with Crippen LogP contribution in [0.15, 0.2) is 24.3 Å². The number of nitriles is 1. The van der Waals surface area contributed by atoms with Gasteiger partial charge in [-0.15, -0.1) is 0 Å². The molecule has 6 heteroatoms. The highest BCUT2D eigenvalue weighted by Gasteiger charge is 2.07. The van der Waals surface area contributed by atoms with E-state index in [0.29, 0.717) is 5.82 Å². The van der Waals surface area contributed by atoms with E-state index in [4.69, 9.17) is 11.1 Å². The molecular formula is C13H14N6. The van der Waals surface area contributed by atoms with Crippen molar-refractivity contribution in [2.75, 3.05) is 10.7 Å². The first-order valence-corrected chi connectivity index (χ1v) is 5.73. The molecule has 0 atom stereocenters. The summed E-state index contributed by atoms with van der Waals surface area (Å²) < 4.78 is 0. The van der Waals surface area contributed by atoms with E-state index in [-0.39, 0.29) is 11.6 Å². The Labute approximate surface area is 111 Å². The molecule has 0 amide bonds. The summed E-state index contributed by atoms with van der Waals surface area (Å²) in [5, 5.41) is 12.1. The third kappa shape index (κ3) is 2.78. The predicted octanol–water partition coefficient (Wildman–Crippen LogP) is 1.99. The second-order valence-corrected chi connectivity index (χ2v) is 4.11. The monoisotopic (exact) mass is 254 g/mol. The van der Waals surface area contributed by atoms with Crippen LogP contribution in [-0.2, 0) is 0 Å². The van der Waals surface area contributed by atoms with Gasteiger partial charge in [0.1, 0.15) is 17.6 Å². The third-order valence-corrected chi connectivity index (χ3v) is 2.70. The number of hydrogen-bond donors (Lipinski definition) is 3. The molecule has 0 aliphatic carbocycles. The molecule has 0 fully saturated rings. The number of benzene rings is 1. The second kappa shape index (κ2) is 5.33. The van der Waals surface area contributed by atoms with Gasteiger partial charge in [-0.05, 0) is 25.0 Å². The standard InChI is InChI=1S/C13H14N6/c1-8-4-3-5-9(2)12(8)17-11-6-10(7-14)16-13(18-11)19-15/h3-6H,15H2,1-2H3,(H2,16,17,18,19). The van der Waals surface area contributed by atoms with E-state index in [0.717, 1.165) is 16.8 Å². The van der Waals surface area contributed by atoms with Crippen LogP contribution in [0.5, 0.6) is 0 Å². The molecule has 19 heavy (non-hydrogen) atoms. The number of nitrogens with two attached hydrogens (primary N) is 1. The number of nitrogen functional groups attached to an aromatic ring is 1. The summed E-state index contributed by atoms with van der Waals surface area (Å²) in [6, 6.07) is 9.54. The van der Waals surface area contributed by atoms with Gasteiger partial charge in [-0.25, -0.2) is 10.8 Å². The van der Waals surface area contributed by atoms with Gasteiger partial charge in [0.2, 0.25) is 5.95 Å². The lowest BCUT2D eigenvalue weighted by atomic mass is 10.1. The van der Waals surface area contributed by atoms with Crippen molar-refractivity contribution in [1.29, 1.82) is 5.26 Å². The van der Waals surface area contributed by atoms with Gasteiger partial charge < -0.3 is 5.32 Å². The molecule has 0 saturated heterocycles. The summed E-state index contributed by atoms with van der Waals surface area (Å²) in [5.41, 5.74) is 5.75. The van der Waals surface area contributed by atoms with Crippen LogP contribution in [0.1, 0.15) is 16.8 Å². The summed E-state index contributed by atoms with van der Waals surface area (Å²) in [5.74, 6) is 6.01. The Kier molecular flexibility index (Phi) is 3.59. The van der Waals surface area contributed by atoms with Crippen molar-refractivity contribution in [2.24, 2.45) is 5.84 Å². The fraction of sp³-hybridized carbons (Fsp3) is 0.154. The molecule has 2 rings (SSSR count). The third-order valence-electron chi connectivity index (χ3n) is 2.70. The van der Waals surface area contributed by atoms with Gasteiger partial charge in [0.05, 0.1) is 0 Å². The van der Waals surface area contributed by atoms with Gasteiger partial charge in [-0.2, -0.15) is 10.2 Å². The van der Waals surface area contributed by atoms with Crippen LogP contribution >= 0.6 is 0 Å². The predicted molar refractivity (Wildman–Crippen MR) is 73.8 cm³/mol. The van der Waals surface area contributed by atoms with Crippen LogP contribution in [0.3, 0.4) is 0 Å². The molecule has 0 unspecified atom stereocenters. The molecule has 0 aliphatic heterocycles. The van der Waals surface area contributed by atoms with Crippen molar-refractivity contribution < 1.29 is 0 Å². The number of nitrogens with one attached hydrogen (secondary N) is 2. The largest absolute Gasteiger partial charge is 0.340 e. The zero-order chi connectivity index (χ0) is 13.8. The van der Waals surface area contributed by atoms with E-state index in [1.807, 2.05) is 38.1 Å². The maximum absolute atomic E-state index is 8.92. The molecule has 96 valence electrons. The van der Waals surface area contributed by atoms with Crippen molar-refractivity contribution in [3.05, 3.63) is 41.1 Å². The molecule has 0 spiro atoms. The van der Waals surface area contributed by atoms with Crippen molar-refractivity contribution >= 4 is 17.5 Å². The molecule has 2 aromatic rings. The fourth-order valence-electron chi connectivity index (χ4n) is 1.77. The SMILES string of the molecule is Cc1cccc(C)c1Nc1cc(C#N)nc(NN)n1. The van der Waals surface area contributed by atoms with E-state index in [1.165, 1.54) is 0 Å². The number of hydrogen-bond acceptors (Lipinski definition) is 6. The number of nitrogens with zero attached hydrogens (tertiary/aromatic N) is 3. The number of rotatable bonds is 3. The molecule has 1 heterocycles. The average Bonchev–Trinajstić information content (AvgIpc) is 2.42. The highest BCUT2D eigenvalue weighted by atomic mass is 15.3. The van der Waals surface area contributed by atoms with Gasteiger partial charge in [0.15, 0.2) is 0 Å². The Morgan fingerprint density at radius 2 is 1.89 bits per heavy atom. The Hall–Kier alpha value is -2.65. The maximum Gasteiger partial charge on any atom is 0.240 e. The number of aromatic nitrogens is 2. The Balaban J connectivity index is 2.41. The Bertz CT molecular complexity index is 624. The Morgan fingerprint density at radius 1 is 1.21 bits per heavy atom. The lowest BCUT2D eigenvalue weighted by molar-refractivity contribution is 1.10. The molecule has 0 radical (unpaired) electrons. The lowest BCUT2D eigenvalue weighted by Gasteiger charge is -2.12. The highest BCUT2D eigenvalue weighted by molar-refractivity contribution is 5.65. The Morgan fingerprint density at radius 3 is 2.47 bits per heavy atom. The van der Waals surface area contributed by atoms with Crippen molar-refractivity contribution in [2.45, 2.75) is 13.8 Å². The number of para-hydroxylation sites is 1. The van der Waals surface area contributed by atoms with Crippen LogP contribution < -0.4 is 16.6 Å². The van der Waals surface area contributed by atoms with Crippen LogP contribution in [0, 0.1) is 25.2 Å². The van der Waals surface area contributed by atoms with Crippen LogP contribution in [0.2, 0.25) is 0 Å². The van der Waals surface area contributed by atoms with E-state index < -0.39 is 0 Å². The van der Waals surface area contributed by atoms with Gasteiger partial charge in [0.25, 0.3) is 0 Å². The van der Waals surface area contributed by atoms with E-state index in [9.17, 15) is 0 Å². The molecule has 1 aromatic carbocycles. The maximum atomic E-state index is 8.92. The van der Waals surface area contributed by atoms with Gasteiger partial charge in [0, 0.05) is 11.8 Å². The van der Waals surface area contributed by atoms with Crippen molar-refractivity contribution in [3.63, 3.8) is 0 Å². The molecule has 0 aliphatic rings. The van der Waals surface area contributed by atoms with Crippen LogP contribution in [0.4, 0.5) is 17.5 Å². The normalized spacial score (nSPS) is 9.79. The topological polar surface area (TPSA) is 99.7 Å². The summed E-state index contributed by atoms with van der Waals surface area (Å²) >= 11 is 0. The molecule has 6 nitrogen and oxygen atoms in total. The summed E-state index contributed by atoms with van der Waals surface area (Å²) in [6.45, 7) is 4.01. The minimum absolute atomic E-state index is 0.202. The minimum Gasteiger partial charge on any atom is -0.340 e. The van der Waals surface area contributed by atoms with Crippen LogP contribution in [-0.4, -0.2) is 9.97 Å². The second-order valence-electron chi connectivity index (χ2n) is 4.11. The lowest BCUT2D eigenvalue weighted by Crippen LogP contribution is -2.12. The molecule has 4 N–H and O–H groups in total. The first kappa shape index (κ1) is 12.8. The summed E-state index contributed by atoms with van der Waals surface area (Å²) in [4.78, 5) is 8.08. The smallest absolute Gasteiger partial charge is 0.240 e. The van der Waals surface area contributed by atoms with E-state index in [1.54, 1.807) is 6.07 Å². The number of anilines is 3. The van der Waals surface area contributed by atoms with E-state index >= 15 is 0 Å². The van der Waals surface area contributed by atoms with Gasteiger partial charge in [-0.3, -0.25) is 5.43 Å². The number of aryl methyl sites for hydroxylation is 2. The van der Waals surface area contributed by atoms with Crippen molar-refractivity contribution in [1.82, 2.24) is 9.97 Å². The van der Waals surface area contributed by atoms with Crippen molar-refractivity contribution in [3.8, 4) is 6.07 Å². The minimum atomic E-state index is 0.202. The molecular weight excluding hydrogens is 240 g/mol. The molecule has 0 bridgehead atoms. The summed E-state index contributed by atoms with van der Waals surface area (Å²) in [7, 11) is 0. The fourth-order valence-corrected chi connectivity index (χ4v) is 1.77. The van der Waals surface area contributed by atoms with Crippen LogP contribution in [0.25, 0.3) is 0 Å². The summed E-state index contributed by atoms with van der Waals surface area (Å²) in [6.07, 6.45) is 0. The first-order valence-electron chi connectivity index (χ1n) is 5.73. The molecule has 0 saturated carbocycles. The average molecular weight is 254 g/mol. The van der Waals surface area contributed by atoms with Gasteiger partial charge >= 0.3 is 0 Å². The first-order chi connectivity index (χ1) is 9.13. The quantitative estimate of drug-likeness (QED) is 0.572. The number of hydrazine groups is 1. The zero-order valence-corrected chi connectivity index (χ0v) is 10.7. The molecule has 1 aromatic heterocycles. The highest BCUT2D eigenvalue weighted by Crippen LogP contribution is 2.23. The zero-order valence-electron chi connectivity index (χ0n) is 10.7. The van der Waals surface area contributed by atoms with Gasteiger partial charge in [-0.1, -0.05) is 18.2 Å². The van der Waals surface area contributed by atoms with E-state index in [2.05, 4.69) is 20.7 Å².